The average Bonchev–Trinajstić information content (AvgIpc) is 3.19. The number of benzene rings is 1. The van der Waals surface area contributed by atoms with Crippen LogP contribution in [0.25, 0.3) is 10.9 Å². The minimum Gasteiger partial charge on any atom is -0.388 e. The number of piperidine rings is 1. The molecule has 1 atom stereocenters. The van der Waals surface area contributed by atoms with Crippen molar-refractivity contribution in [3.8, 4) is 0 Å². The highest BCUT2D eigenvalue weighted by Crippen LogP contribution is 2.26. The van der Waals surface area contributed by atoms with Crippen molar-refractivity contribution in [3.63, 3.8) is 0 Å². The van der Waals surface area contributed by atoms with Gasteiger partial charge in [-0.2, -0.15) is 0 Å². The third-order valence-corrected chi connectivity index (χ3v) is 6.04. The maximum atomic E-state index is 13.0. The van der Waals surface area contributed by atoms with Crippen LogP contribution >= 0.6 is 0 Å². The van der Waals surface area contributed by atoms with Gasteiger partial charge in [0.1, 0.15) is 5.82 Å². The van der Waals surface area contributed by atoms with Gasteiger partial charge in [0.2, 0.25) is 0 Å². The van der Waals surface area contributed by atoms with Gasteiger partial charge >= 0.3 is 0 Å². The van der Waals surface area contributed by atoms with Crippen LogP contribution in [0, 0.1) is 5.92 Å². The summed E-state index contributed by atoms with van der Waals surface area (Å²) < 4.78 is 7.17. The summed E-state index contributed by atoms with van der Waals surface area (Å²) in [5, 5.41) is 11.8. The predicted molar refractivity (Wildman–Crippen MR) is 105 cm³/mol. The highest BCUT2D eigenvalue weighted by atomic mass is 16.5. The van der Waals surface area contributed by atoms with Gasteiger partial charge in [0, 0.05) is 32.7 Å². The second-order valence-corrected chi connectivity index (χ2v) is 8.04. The van der Waals surface area contributed by atoms with E-state index in [4.69, 9.17) is 4.74 Å². The zero-order valence-corrected chi connectivity index (χ0v) is 16.1. The number of aromatic nitrogens is 2. The van der Waals surface area contributed by atoms with E-state index < -0.39 is 5.60 Å². The number of ether oxygens (including phenoxy) is 1. The number of fused-ring (bicyclic) bond motifs is 1. The van der Waals surface area contributed by atoms with Crippen LogP contribution in [0.15, 0.2) is 29.1 Å². The van der Waals surface area contributed by atoms with Crippen molar-refractivity contribution in [2.24, 2.45) is 5.92 Å². The predicted octanol–water partition coefficient (Wildman–Crippen LogP) is 1.82. The third-order valence-electron chi connectivity index (χ3n) is 6.04. The van der Waals surface area contributed by atoms with E-state index in [0.29, 0.717) is 37.1 Å². The summed E-state index contributed by atoms with van der Waals surface area (Å²) in [5.74, 6) is 1.37. The van der Waals surface area contributed by atoms with E-state index >= 15 is 0 Å². The Kier molecular flexibility index (Phi) is 5.30. The second-order valence-electron chi connectivity index (χ2n) is 8.04. The molecule has 1 N–H and O–H groups in total. The molecule has 146 valence electrons. The molecule has 1 aromatic heterocycles. The summed E-state index contributed by atoms with van der Waals surface area (Å²) in [6.07, 6.45) is 3.18. The lowest BCUT2D eigenvalue weighted by atomic mass is 9.90. The molecule has 2 aliphatic rings. The second kappa shape index (κ2) is 7.70. The Morgan fingerprint density at radius 1 is 1.30 bits per heavy atom. The quantitative estimate of drug-likeness (QED) is 0.868. The minimum absolute atomic E-state index is 0.0450. The molecule has 2 aromatic rings. The fourth-order valence-corrected chi connectivity index (χ4v) is 4.34. The van der Waals surface area contributed by atoms with Crippen LogP contribution in [-0.2, 0) is 17.7 Å². The molecule has 6 nitrogen and oxygen atoms in total. The van der Waals surface area contributed by atoms with Crippen molar-refractivity contribution < 1.29 is 9.84 Å². The molecule has 0 radical (unpaired) electrons. The first-order chi connectivity index (χ1) is 13.1. The SMILES string of the molecule is CCc1nc2ccccc2c(=O)n1CC1(O)CCN(CC2CCOC2)CC1. The van der Waals surface area contributed by atoms with Crippen molar-refractivity contribution in [1.29, 1.82) is 0 Å². The lowest BCUT2D eigenvalue weighted by molar-refractivity contribution is -0.0379. The summed E-state index contributed by atoms with van der Waals surface area (Å²) in [5.41, 5.74) is -0.159. The zero-order chi connectivity index (χ0) is 18.9. The van der Waals surface area contributed by atoms with E-state index in [-0.39, 0.29) is 5.56 Å². The van der Waals surface area contributed by atoms with Crippen LogP contribution < -0.4 is 5.56 Å². The van der Waals surface area contributed by atoms with E-state index in [1.165, 1.54) is 0 Å². The minimum atomic E-state index is -0.847. The molecular weight excluding hydrogens is 342 g/mol. The van der Waals surface area contributed by atoms with Gasteiger partial charge in [0.15, 0.2) is 0 Å². The monoisotopic (exact) mass is 371 g/mol. The average molecular weight is 371 g/mol. The highest BCUT2D eigenvalue weighted by molar-refractivity contribution is 5.77. The van der Waals surface area contributed by atoms with Gasteiger partial charge < -0.3 is 14.7 Å². The van der Waals surface area contributed by atoms with Gasteiger partial charge in [-0.15, -0.1) is 0 Å². The summed E-state index contributed by atoms with van der Waals surface area (Å²) in [6.45, 7) is 6.84. The number of nitrogens with zero attached hydrogens (tertiary/aromatic N) is 3. The van der Waals surface area contributed by atoms with Gasteiger partial charge in [0.05, 0.1) is 29.7 Å². The van der Waals surface area contributed by atoms with Crippen LogP contribution in [0.3, 0.4) is 0 Å². The summed E-state index contributed by atoms with van der Waals surface area (Å²) >= 11 is 0. The van der Waals surface area contributed by atoms with E-state index in [9.17, 15) is 9.90 Å². The first-order valence-corrected chi connectivity index (χ1v) is 10.1. The van der Waals surface area contributed by atoms with Crippen molar-refractivity contribution >= 4 is 10.9 Å². The lowest BCUT2D eigenvalue weighted by Crippen LogP contribution is -2.49. The molecule has 27 heavy (non-hydrogen) atoms. The Hall–Kier alpha value is -1.76. The van der Waals surface area contributed by atoms with Gasteiger partial charge in [-0.1, -0.05) is 19.1 Å². The van der Waals surface area contributed by atoms with Crippen molar-refractivity contribution in [3.05, 3.63) is 40.4 Å². The fourth-order valence-electron chi connectivity index (χ4n) is 4.34. The van der Waals surface area contributed by atoms with Crippen LogP contribution in [0.1, 0.15) is 32.0 Å². The topological polar surface area (TPSA) is 67.6 Å². The Labute approximate surface area is 159 Å². The number of hydrogen-bond donors (Lipinski definition) is 1. The molecule has 0 amide bonds. The molecule has 0 spiro atoms. The first-order valence-electron chi connectivity index (χ1n) is 10.1. The molecule has 3 heterocycles. The largest absolute Gasteiger partial charge is 0.388 e. The van der Waals surface area contributed by atoms with Crippen LogP contribution in [0.2, 0.25) is 0 Å². The van der Waals surface area contributed by atoms with E-state index in [2.05, 4.69) is 9.88 Å². The van der Waals surface area contributed by atoms with Gasteiger partial charge in [0.25, 0.3) is 5.56 Å². The Bertz CT molecular complexity index is 849. The molecule has 1 aromatic carbocycles. The molecular formula is C21H29N3O3. The molecule has 0 saturated carbocycles. The molecule has 2 saturated heterocycles. The number of hydrogen-bond acceptors (Lipinski definition) is 5. The molecule has 0 aliphatic carbocycles. The van der Waals surface area contributed by atoms with Crippen LogP contribution in [-0.4, -0.2) is 58.0 Å². The number of rotatable bonds is 5. The number of likely N-dealkylation sites (tertiary alicyclic amines) is 1. The molecule has 4 rings (SSSR count). The molecule has 1 unspecified atom stereocenters. The van der Waals surface area contributed by atoms with E-state index in [1.807, 2.05) is 31.2 Å². The van der Waals surface area contributed by atoms with Gasteiger partial charge in [-0.25, -0.2) is 4.98 Å². The highest BCUT2D eigenvalue weighted by Gasteiger charge is 2.34. The van der Waals surface area contributed by atoms with Gasteiger partial charge in [-0.05, 0) is 37.3 Å². The molecule has 2 aliphatic heterocycles. The Balaban J connectivity index is 1.50. The van der Waals surface area contributed by atoms with Crippen molar-refractivity contribution in [1.82, 2.24) is 14.5 Å². The van der Waals surface area contributed by atoms with E-state index in [1.54, 1.807) is 4.57 Å². The van der Waals surface area contributed by atoms with Crippen LogP contribution in [0.4, 0.5) is 0 Å². The standard InChI is InChI=1S/C21H29N3O3/c1-2-19-22-18-6-4-3-5-17(18)20(25)24(19)15-21(26)8-10-23(11-9-21)13-16-7-12-27-14-16/h3-6,16,26H,2,7-15H2,1H3. The third kappa shape index (κ3) is 3.93. The van der Waals surface area contributed by atoms with Crippen LogP contribution in [0.5, 0.6) is 0 Å². The maximum Gasteiger partial charge on any atom is 0.261 e. The summed E-state index contributed by atoms with van der Waals surface area (Å²) in [4.78, 5) is 20.1. The smallest absolute Gasteiger partial charge is 0.261 e. The number of aryl methyl sites for hydroxylation is 1. The molecule has 6 heteroatoms. The maximum absolute atomic E-state index is 13.0. The normalized spacial score (nSPS) is 23.1. The summed E-state index contributed by atoms with van der Waals surface area (Å²) in [7, 11) is 0. The fraction of sp³-hybridized carbons (Fsp3) is 0.619. The summed E-state index contributed by atoms with van der Waals surface area (Å²) in [6, 6.07) is 7.45. The zero-order valence-electron chi connectivity index (χ0n) is 16.1. The first kappa shape index (κ1) is 18.6. The van der Waals surface area contributed by atoms with Crippen molar-refractivity contribution in [2.75, 3.05) is 32.8 Å². The number of aliphatic hydroxyl groups is 1. The van der Waals surface area contributed by atoms with E-state index in [0.717, 1.165) is 50.6 Å². The van der Waals surface area contributed by atoms with Crippen molar-refractivity contribution in [2.45, 2.75) is 44.8 Å². The molecule has 2 fully saturated rings. The Morgan fingerprint density at radius 2 is 2.07 bits per heavy atom. The van der Waals surface area contributed by atoms with Gasteiger partial charge in [-0.3, -0.25) is 9.36 Å². The number of para-hydroxylation sites is 1. The molecule has 0 bridgehead atoms. The lowest BCUT2D eigenvalue weighted by Gasteiger charge is -2.39. The Morgan fingerprint density at radius 3 is 2.78 bits per heavy atom.